The molecule has 2 aliphatic heterocycles. The Morgan fingerprint density at radius 2 is 1.95 bits per heavy atom. The summed E-state index contributed by atoms with van der Waals surface area (Å²) < 4.78 is 16.7. The van der Waals surface area contributed by atoms with Crippen LogP contribution in [-0.2, 0) is 27.3 Å². The lowest BCUT2D eigenvalue weighted by Crippen LogP contribution is -2.48. The quantitative estimate of drug-likeness (QED) is 0.439. The number of aliphatic carboxylic acids is 1. The molecule has 0 aromatic heterocycles. The fraction of sp³-hybridized carbons (Fsp3) is 0.481. The van der Waals surface area contributed by atoms with Crippen LogP contribution < -0.4 is 10.2 Å². The van der Waals surface area contributed by atoms with Crippen LogP contribution in [0.3, 0.4) is 0 Å². The molecule has 0 spiro atoms. The Hall–Kier alpha value is -2.63. The second-order valence-corrected chi connectivity index (χ2v) is 10.4. The van der Waals surface area contributed by atoms with Crippen LogP contribution in [-0.4, -0.2) is 84.4 Å². The number of carboxylic acid groups (broad SMARTS) is 1. The van der Waals surface area contributed by atoms with Gasteiger partial charge in [-0.2, -0.15) is 0 Å². The molecule has 0 saturated carbocycles. The second-order valence-electron chi connectivity index (χ2n) is 10.0. The van der Waals surface area contributed by atoms with Gasteiger partial charge in [0.25, 0.3) is 5.91 Å². The number of rotatable bonds is 10. The fourth-order valence-corrected chi connectivity index (χ4v) is 5.20. The fourth-order valence-electron chi connectivity index (χ4n) is 5.03. The Morgan fingerprint density at radius 1 is 1.21 bits per heavy atom. The van der Waals surface area contributed by atoms with Gasteiger partial charge in [0.15, 0.2) is 0 Å². The number of ether oxygens (including phenoxy) is 2. The van der Waals surface area contributed by atoms with E-state index >= 15 is 0 Å². The minimum atomic E-state index is -1.11. The Kier molecular flexibility index (Phi) is 9.33. The second kappa shape index (κ2) is 12.5. The van der Waals surface area contributed by atoms with Gasteiger partial charge < -0.3 is 29.2 Å². The van der Waals surface area contributed by atoms with Crippen molar-refractivity contribution in [1.82, 2.24) is 9.80 Å². The van der Waals surface area contributed by atoms with Crippen molar-refractivity contribution in [3.8, 4) is 5.75 Å². The van der Waals surface area contributed by atoms with E-state index in [-0.39, 0.29) is 19.1 Å². The summed E-state index contributed by atoms with van der Waals surface area (Å²) in [5.74, 6) is -1.39. The molecule has 0 aliphatic carbocycles. The van der Waals surface area contributed by atoms with Gasteiger partial charge >= 0.3 is 13.1 Å². The third-order valence-corrected chi connectivity index (χ3v) is 7.39. The normalized spacial score (nSPS) is 16.4. The number of benzene rings is 2. The summed E-state index contributed by atoms with van der Waals surface area (Å²) >= 11 is 6.40. The van der Waals surface area contributed by atoms with Gasteiger partial charge in [-0.25, -0.2) is 4.79 Å². The van der Waals surface area contributed by atoms with Crippen LogP contribution in [0.2, 0.25) is 5.02 Å². The first-order valence-corrected chi connectivity index (χ1v) is 13.2. The lowest BCUT2D eigenvalue weighted by atomic mass is 9.75. The van der Waals surface area contributed by atoms with E-state index in [9.17, 15) is 19.7 Å². The van der Waals surface area contributed by atoms with Crippen LogP contribution in [0.5, 0.6) is 5.75 Å². The van der Waals surface area contributed by atoms with Gasteiger partial charge in [0.2, 0.25) is 0 Å². The number of carboxylic acids is 1. The number of carbonyl (C=O) groups is 2. The molecule has 2 aromatic rings. The lowest BCUT2D eigenvalue weighted by Gasteiger charge is -2.32. The molecule has 11 heteroatoms. The predicted octanol–water partition coefficient (Wildman–Crippen LogP) is 2.33. The van der Waals surface area contributed by atoms with E-state index in [0.29, 0.717) is 52.7 Å². The Morgan fingerprint density at radius 3 is 2.63 bits per heavy atom. The number of fused-ring (bicyclic) bond motifs is 1. The van der Waals surface area contributed by atoms with E-state index in [1.54, 1.807) is 51.1 Å². The summed E-state index contributed by atoms with van der Waals surface area (Å²) in [7, 11) is -1.11. The van der Waals surface area contributed by atoms with Crippen molar-refractivity contribution in [3.63, 3.8) is 0 Å². The van der Waals surface area contributed by atoms with Gasteiger partial charge in [-0.1, -0.05) is 37.6 Å². The van der Waals surface area contributed by atoms with Crippen LogP contribution in [0.1, 0.15) is 40.9 Å². The molecule has 9 nitrogen and oxygen atoms in total. The monoisotopic (exact) mass is 544 g/mol. The molecular weight excluding hydrogens is 511 g/mol. The summed E-state index contributed by atoms with van der Waals surface area (Å²) in [5, 5.41) is 20.8. The van der Waals surface area contributed by atoms with Gasteiger partial charge in [-0.05, 0) is 53.2 Å². The van der Waals surface area contributed by atoms with E-state index in [1.807, 2.05) is 0 Å². The highest BCUT2D eigenvalue weighted by atomic mass is 35.5. The van der Waals surface area contributed by atoms with Gasteiger partial charge in [0.1, 0.15) is 18.4 Å². The summed E-state index contributed by atoms with van der Waals surface area (Å²) in [5.41, 5.74) is 2.98. The maximum absolute atomic E-state index is 13.9. The van der Waals surface area contributed by atoms with Crippen molar-refractivity contribution >= 4 is 36.1 Å². The molecule has 1 amide bonds. The summed E-state index contributed by atoms with van der Waals surface area (Å²) in [6.45, 7) is 9.88. The topological polar surface area (TPSA) is 109 Å². The molecule has 2 aromatic carbocycles. The van der Waals surface area contributed by atoms with Crippen molar-refractivity contribution < 1.29 is 33.8 Å². The standard InChI is InChI=1S/C27H34BClN2O7/c1-17(2)25(27(33)34)31(26(32)21-6-5-20-16-38-28(35)24(20)18(21)3)15-19-4-7-22(29)23(14-19)37-13-10-30-8-11-36-12-9-30/h4-7,14,17,25,35H,8-13,15-16H2,1-3H3,(H,33,34). The third kappa shape index (κ3) is 6.32. The van der Waals surface area contributed by atoms with E-state index in [2.05, 4.69) is 4.90 Å². The molecule has 4 rings (SSSR count). The molecule has 1 fully saturated rings. The molecule has 1 saturated heterocycles. The van der Waals surface area contributed by atoms with Crippen LogP contribution in [0.25, 0.3) is 0 Å². The number of morpholine rings is 1. The first-order chi connectivity index (χ1) is 18.2. The number of halogens is 1. The smallest absolute Gasteiger partial charge is 0.491 e. The van der Waals surface area contributed by atoms with Crippen molar-refractivity contribution in [2.24, 2.45) is 5.92 Å². The van der Waals surface area contributed by atoms with E-state index in [1.165, 1.54) is 4.90 Å². The number of amides is 1. The molecule has 0 radical (unpaired) electrons. The minimum Gasteiger partial charge on any atom is -0.491 e. The highest BCUT2D eigenvalue weighted by Gasteiger charge is 2.36. The van der Waals surface area contributed by atoms with Crippen LogP contribution in [0.15, 0.2) is 30.3 Å². The van der Waals surface area contributed by atoms with Crippen molar-refractivity contribution in [2.75, 3.05) is 39.5 Å². The summed E-state index contributed by atoms with van der Waals surface area (Å²) in [6, 6.07) is 7.57. The zero-order valence-corrected chi connectivity index (χ0v) is 22.7. The highest BCUT2D eigenvalue weighted by Crippen LogP contribution is 2.28. The average molecular weight is 545 g/mol. The molecule has 1 atom stereocenters. The Labute approximate surface area is 228 Å². The Balaban J connectivity index is 1.58. The van der Waals surface area contributed by atoms with E-state index < -0.39 is 25.0 Å². The van der Waals surface area contributed by atoms with Gasteiger partial charge in [-0.3, -0.25) is 9.69 Å². The summed E-state index contributed by atoms with van der Waals surface area (Å²) in [6.07, 6.45) is 0. The minimum absolute atomic E-state index is 0.0422. The molecule has 2 aliphatic rings. The first kappa shape index (κ1) is 28.4. The average Bonchev–Trinajstić information content (AvgIpc) is 3.27. The van der Waals surface area contributed by atoms with Crippen molar-refractivity contribution in [1.29, 1.82) is 0 Å². The number of carbonyl (C=O) groups excluding carboxylic acids is 1. The number of hydrogen-bond donors (Lipinski definition) is 2. The number of hydrogen-bond acceptors (Lipinski definition) is 7. The van der Waals surface area contributed by atoms with Crippen molar-refractivity contribution in [3.05, 3.63) is 57.6 Å². The Bertz CT molecular complexity index is 1170. The highest BCUT2D eigenvalue weighted by molar-refractivity contribution is 6.62. The van der Waals surface area contributed by atoms with Crippen LogP contribution in [0.4, 0.5) is 0 Å². The van der Waals surface area contributed by atoms with Gasteiger partial charge in [0, 0.05) is 31.7 Å². The molecule has 2 heterocycles. The lowest BCUT2D eigenvalue weighted by molar-refractivity contribution is -0.144. The SMILES string of the molecule is Cc1c(C(=O)N(Cc2ccc(Cl)c(OCCN3CCOCC3)c2)C(C(=O)O)C(C)C)ccc2c1B(O)OC2. The third-order valence-electron chi connectivity index (χ3n) is 7.08. The molecule has 0 bridgehead atoms. The zero-order valence-electron chi connectivity index (χ0n) is 22.0. The molecule has 38 heavy (non-hydrogen) atoms. The van der Waals surface area contributed by atoms with Gasteiger partial charge in [0.05, 0.1) is 24.8 Å². The largest absolute Gasteiger partial charge is 0.492 e. The van der Waals surface area contributed by atoms with Crippen molar-refractivity contribution in [2.45, 2.75) is 40.0 Å². The van der Waals surface area contributed by atoms with Crippen LogP contribution >= 0.6 is 11.6 Å². The predicted molar refractivity (Wildman–Crippen MR) is 144 cm³/mol. The first-order valence-electron chi connectivity index (χ1n) is 12.8. The van der Waals surface area contributed by atoms with Gasteiger partial charge in [-0.15, -0.1) is 0 Å². The number of nitrogens with zero attached hydrogens (tertiary/aromatic N) is 2. The molecule has 2 N–H and O–H groups in total. The van der Waals surface area contributed by atoms with Crippen LogP contribution in [0, 0.1) is 12.8 Å². The molecule has 204 valence electrons. The van der Waals surface area contributed by atoms with E-state index in [4.69, 9.17) is 25.7 Å². The molecular formula is C27H34BClN2O7. The molecule has 1 unspecified atom stereocenters. The summed E-state index contributed by atoms with van der Waals surface area (Å²) in [4.78, 5) is 29.8. The zero-order chi connectivity index (χ0) is 27.4. The van der Waals surface area contributed by atoms with E-state index in [0.717, 1.165) is 25.2 Å². The maximum Gasteiger partial charge on any atom is 0.492 e. The maximum atomic E-state index is 13.9.